The van der Waals surface area contributed by atoms with Crippen molar-refractivity contribution in [2.24, 2.45) is 5.10 Å². The summed E-state index contributed by atoms with van der Waals surface area (Å²) in [7, 11) is -3.93. The maximum atomic E-state index is 14.1. The number of amides is 2. The van der Waals surface area contributed by atoms with Crippen molar-refractivity contribution in [2.75, 3.05) is 22.4 Å². The first kappa shape index (κ1) is 25.9. The standard InChI is InChI=1S/C24H22ClFN4O4S/c1-16(17-7-6-10-20(14-17)27-24(32)18-8-5-9-19(25)13-18)28-29-23(31)15-30(35(2,33)34)22-12-4-3-11-21(22)26/h3-14H,15H2,1-2H3,(H,27,32)(H,29,31)/b28-16-. The first-order valence-corrected chi connectivity index (χ1v) is 12.5. The highest BCUT2D eigenvalue weighted by Gasteiger charge is 2.23. The second-order valence-corrected chi connectivity index (χ2v) is 9.84. The minimum Gasteiger partial charge on any atom is -0.322 e. The van der Waals surface area contributed by atoms with Gasteiger partial charge in [-0.3, -0.25) is 13.9 Å². The molecule has 0 unspecified atom stereocenters. The molecule has 2 amide bonds. The van der Waals surface area contributed by atoms with Crippen LogP contribution >= 0.6 is 11.6 Å². The molecule has 0 aliphatic heterocycles. The van der Waals surface area contributed by atoms with E-state index in [4.69, 9.17) is 11.6 Å². The normalized spacial score (nSPS) is 11.6. The first-order valence-electron chi connectivity index (χ1n) is 10.3. The number of hydrogen-bond acceptors (Lipinski definition) is 5. The van der Waals surface area contributed by atoms with Gasteiger partial charge in [0.25, 0.3) is 11.8 Å². The van der Waals surface area contributed by atoms with Crippen LogP contribution in [0, 0.1) is 5.82 Å². The van der Waals surface area contributed by atoms with E-state index < -0.39 is 28.3 Å². The number of rotatable bonds is 8. The molecule has 0 aliphatic rings. The van der Waals surface area contributed by atoms with Gasteiger partial charge in [0, 0.05) is 16.3 Å². The smallest absolute Gasteiger partial charge is 0.260 e. The van der Waals surface area contributed by atoms with E-state index in [0.717, 1.165) is 12.3 Å². The second kappa shape index (κ2) is 11.1. The lowest BCUT2D eigenvalue weighted by atomic mass is 10.1. The molecule has 0 atom stereocenters. The van der Waals surface area contributed by atoms with Crippen LogP contribution in [-0.2, 0) is 14.8 Å². The van der Waals surface area contributed by atoms with E-state index in [9.17, 15) is 22.4 Å². The van der Waals surface area contributed by atoms with E-state index in [1.165, 1.54) is 18.2 Å². The van der Waals surface area contributed by atoms with Crippen molar-refractivity contribution in [3.8, 4) is 0 Å². The summed E-state index contributed by atoms with van der Waals surface area (Å²) in [5.41, 5.74) is 3.93. The molecular formula is C24H22ClFN4O4S. The lowest BCUT2D eigenvalue weighted by Crippen LogP contribution is -2.39. The molecule has 0 bridgehead atoms. The number of sulfonamides is 1. The molecule has 3 rings (SSSR count). The fraction of sp³-hybridized carbons (Fsp3) is 0.125. The molecule has 0 heterocycles. The zero-order chi connectivity index (χ0) is 25.6. The van der Waals surface area contributed by atoms with Crippen LogP contribution in [0.15, 0.2) is 77.9 Å². The highest BCUT2D eigenvalue weighted by Crippen LogP contribution is 2.21. The third kappa shape index (κ3) is 7.11. The van der Waals surface area contributed by atoms with Crippen LogP contribution in [0.5, 0.6) is 0 Å². The Bertz CT molecular complexity index is 1400. The summed E-state index contributed by atoms with van der Waals surface area (Å²) in [6.07, 6.45) is 0.879. The quantitative estimate of drug-likeness (QED) is 0.348. The maximum Gasteiger partial charge on any atom is 0.260 e. The van der Waals surface area contributed by atoms with Crippen molar-refractivity contribution in [3.05, 3.63) is 94.8 Å². The van der Waals surface area contributed by atoms with Crippen LogP contribution in [0.2, 0.25) is 5.02 Å². The van der Waals surface area contributed by atoms with Crippen LogP contribution in [0.3, 0.4) is 0 Å². The second-order valence-electron chi connectivity index (χ2n) is 7.50. The highest BCUT2D eigenvalue weighted by molar-refractivity contribution is 7.92. The average Bonchev–Trinajstić information content (AvgIpc) is 2.81. The molecule has 3 aromatic rings. The topological polar surface area (TPSA) is 108 Å². The van der Waals surface area contributed by atoms with Gasteiger partial charge in [-0.05, 0) is 55.0 Å². The van der Waals surface area contributed by atoms with E-state index in [2.05, 4.69) is 15.8 Å². The molecule has 8 nitrogen and oxygen atoms in total. The Morgan fingerprint density at radius 3 is 2.37 bits per heavy atom. The molecule has 0 fully saturated rings. The summed E-state index contributed by atoms with van der Waals surface area (Å²) in [6, 6.07) is 18.5. The van der Waals surface area contributed by atoms with Crippen molar-refractivity contribution < 1.29 is 22.4 Å². The number of nitrogens with one attached hydrogen (secondary N) is 2. The molecule has 3 aromatic carbocycles. The summed E-state index contributed by atoms with van der Waals surface area (Å²) in [5, 5.41) is 7.21. The van der Waals surface area contributed by atoms with Crippen LogP contribution in [0.1, 0.15) is 22.8 Å². The third-order valence-corrected chi connectivity index (χ3v) is 6.14. The molecule has 2 N–H and O–H groups in total. The minimum absolute atomic E-state index is 0.242. The molecule has 11 heteroatoms. The number of hydrogen-bond donors (Lipinski definition) is 2. The largest absolute Gasteiger partial charge is 0.322 e. The molecule has 0 radical (unpaired) electrons. The number of carbonyl (C=O) groups excluding carboxylic acids is 2. The summed E-state index contributed by atoms with van der Waals surface area (Å²) in [4.78, 5) is 24.9. The van der Waals surface area contributed by atoms with Gasteiger partial charge in [-0.1, -0.05) is 41.9 Å². The number of nitrogens with zero attached hydrogens (tertiary/aromatic N) is 2. The molecule has 35 heavy (non-hydrogen) atoms. The lowest BCUT2D eigenvalue weighted by Gasteiger charge is -2.21. The molecule has 182 valence electrons. The first-order chi connectivity index (χ1) is 16.5. The van der Waals surface area contributed by atoms with Gasteiger partial charge in [0.1, 0.15) is 12.4 Å². The zero-order valence-corrected chi connectivity index (χ0v) is 20.4. The SMILES string of the molecule is C/C(=N/NC(=O)CN(c1ccccc1F)S(C)(=O)=O)c1cccc(NC(=O)c2cccc(Cl)c2)c1. The highest BCUT2D eigenvalue weighted by atomic mass is 35.5. The van der Waals surface area contributed by atoms with Gasteiger partial charge in [0.05, 0.1) is 17.7 Å². The number of carbonyl (C=O) groups is 2. The zero-order valence-electron chi connectivity index (χ0n) is 18.8. The van der Waals surface area contributed by atoms with Crippen molar-refractivity contribution in [1.82, 2.24) is 5.43 Å². The minimum atomic E-state index is -3.93. The Balaban J connectivity index is 1.70. The number of benzene rings is 3. The van der Waals surface area contributed by atoms with Crippen molar-refractivity contribution in [3.63, 3.8) is 0 Å². The predicted molar refractivity (Wildman–Crippen MR) is 135 cm³/mol. The fourth-order valence-electron chi connectivity index (χ4n) is 3.07. The summed E-state index contributed by atoms with van der Waals surface area (Å²) >= 11 is 5.93. The van der Waals surface area contributed by atoms with Crippen LogP contribution in [0.4, 0.5) is 15.8 Å². The Kier molecular flexibility index (Phi) is 8.21. The van der Waals surface area contributed by atoms with Gasteiger partial charge in [-0.15, -0.1) is 0 Å². The number of anilines is 2. The van der Waals surface area contributed by atoms with E-state index in [1.54, 1.807) is 55.5 Å². The molecule has 0 aromatic heterocycles. The number of halogens is 2. The van der Waals surface area contributed by atoms with Crippen LogP contribution in [0.25, 0.3) is 0 Å². The van der Waals surface area contributed by atoms with E-state index in [0.29, 0.717) is 31.9 Å². The van der Waals surface area contributed by atoms with Crippen molar-refractivity contribution in [2.45, 2.75) is 6.92 Å². The van der Waals surface area contributed by atoms with Gasteiger partial charge in [-0.25, -0.2) is 18.2 Å². The number of hydrazone groups is 1. The molecular weight excluding hydrogens is 495 g/mol. The van der Waals surface area contributed by atoms with Crippen molar-refractivity contribution in [1.29, 1.82) is 0 Å². The average molecular weight is 517 g/mol. The van der Waals surface area contributed by atoms with Gasteiger partial charge in [-0.2, -0.15) is 5.10 Å². The summed E-state index contributed by atoms with van der Waals surface area (Å²) in [5.74, 6) is -1.88. The van der Waals surface area contributed by atoms with Crippen LogP contribution in [-0.4, -0.2) is 38.7 Å². The molecule has 0 spiro atoms. The third-order valence-electron chi connectivity index (χ3n) is 4.78. The Hall–Kier alpha value is -3.76. The van der Waals surface area contributed by atoms with E-state index in [1.807, 2.05) is 0 Å². The van der Waals surface area contributed by atoms with Crippen molar-refractivity contribution >= 4 is 50.5 Å². The lowest BCUT2D eigenvalue weighted by molar-refractivity contribution is -0.119. The predicted octanol–water partition coefficient (Wildman–Crippen LogP) is 4.04. The monoisotopic (exact) mass is 516 g/mol. The van der Waals surface area contributed by atoms with Gasteiger partial charge in [0.2, 0.25) is 10.0 Å². The summed E-state index contributed by atoms with van der Waals surface area (Å²) < 4.78 is 39.0. The summed E-state index contributed by atoms with van der Waals surface area (Å²) in [6.45, 7) is 0.968. The Morgan fingerprint density at radius 1 is 1.00 bits per heavy atom. The van der Waals surface area contributed by atoms with E-state index >= 15 is 0 Å². The van der Waals surface area contributed by atoms with E-state index in [-0.39, 0.29) is 11.6 Å². The van der Waals surface area contributed by atoms with Gasteiger partial charge < -0.3 is 5.32 Å². The van der Waals surface area contributed by atoms with Crippen LogP contribution < -0.4 is 15.0 Å². The molecule has 0 saturated heterocycles. The Morgan fingerprint density at radius 2 is 1.69 bits per heavy atom. The maximum absolute atomic E-state index is 14.1. The molecule has 0 aliphatic carbocycles. The fourth-order valence-corrected chi connectivity index (χ4v) is 4.11. The number of para-hydroxylation sites is 1. The van der Waals surface area contributed by atoms with Gasteiger partial charge >= 0.3 is 0 Å². The Labute approximate surface area is 207 Å². The molecule has 0 saturated carbocycles. The van der Waals surface area contributed by atoms with Gasteiger partial charge in [0.15, 0.2) is 0 Å².